The van der Waals surface area contributed by atoms with Gasteiger partial charge < -0.3 is 25.2 Å². The molecule has 1 saturated carbocycles. The highest BCUT2D eigenvalue weighted by Gasteiger charge is 2.39. The van der Waals surface area contributed by atoms with Crippen molar-refractivity contribution < 1.29 is 43.1 Å². The molecule has 0 aliphatic heterocycles. The van der Waals surface area contributed by atoms with Crippen molar-refractivity contribution in [3.8, 4) is 5.75 Å². The second-order valence-corrected chi connectivity index (χ2v) is 7.21. The number of ether oxygens (including phenoxy) is 1. The summed E-state index contributed by atoms with van der Waals surface area (Å²) < 4.78 is 43.4. The number of aliphatic hydroxyl groups is 3. The Morgan fingerprint density at radius 1 is 1.23 bits per heavy atom. The van der Waals surface area contributed by atoms with Gasteiger partial charge in [0.1, 0.15) is 18.5 Å². The van der Waals surface area contributed by atoms with Crippen molar-refractivity contribution in [2.75, 3.05) is 6.61 Å². The third kappa shape index (κ3) is 7.16. The summed E-state index contributed by atoms with van der Waals surface area (Å²) in [5.74, 6) is -1.82. The standard InChI is InChI=1S/C21H25F3O6/c22-21(23,24)13-4-3-5-15(10-13)30-12-14(25)8-9-17-16(18(26)11-19(17)27)6-1-2-7-20(28)29/h1-5,8-10,14,16-19,25-27H,6-7,11-12H2,(H,28,29)/b2-1-,9-8+/t14-,16-,17-,18+,19+/m1/s1. The lowest BCUT2D eigenvalue weighted by Gasteiger charge is -2.19. The van der Waals surface area contributed by atoms with E-state index in [0.29, 0.717) is 6.42 Å². The van der Waals surface area contributed by atoms with Gasteiger partial charge in [0, 0.05) is 12.3 Å². The summed E-state index contributed by atoms with van der Waals surface area (Å²) >= 11 is 0. The minimum absolute atomic E-state index is 0.0324. The summed E-state index contributed by atoms with van der Waals surface area (Å²) in [6.07, 6.45) is -0.832. The summed E-state index contributed by atoms with van der Waals surface area (Å²) in [6, 6.07) is 4.31. The number of hydrogen-bond donors (Lipinski definition) is 4. The predicted molar refractivity (Wildman–Crippen MR) is 102 cm³/mol. The van der Waals surface area contributed by atoms with Crippen molar-refractivity contribution in [3.63, 3.8) is 0 Å². The van der Waals surface area contributed by atoms with Crippen LogP contribution in [0.15, 0.2) is 48.6 Å². The van der Waals surface area contributed by atoms with Crippen LogP contribution in [0.4, 0.5) is 13.2 Å². The SMILES string of the molecule is O=C(O)C/C=C\C[C@@H]1[C@@H](/C=C/[C@@H](O)COc2cccc(C(F)(F)F)c2)[C@@H](O)C[C@@H]1O. The zero-order valence-corrected chi connectivity index (χ0v) is 16.1. The normalized spacial score (nSPS) is 25.8. The van der Waals surface area contributed by atoms with Crippen molar-refractivity contribution in [2.24, 2.45) is 11.8 Å². The molecule has 0 amide bonds. The van der Waals surface area contributed by atoms with Crippen molar-refractivity contribution >= 4 is 5.97 Å². The van der Waals surface area contributed by atoms with Crippen LogP contribution in [0, 0.1) is 11.8 Å². The predicted octanol–water partition coefficient (Wildman–Crippen LogP) is 2.78. The molecule has 0 radical (unpaired) electrons. The monoisotopic (exact) mass is 430 g/mol. The van der Waals surface area contributed by atoms with E-state index in [9.17, 15) is 33.3 Å². The van der Waals surface area contributed by atoms with Gasteiger partial charge in [0.2, 0.25) is 0 Å². The molecule has 0 aromatic heterocycles. The van der Waals surface area contributed by atoms with Crippen LogP contribution >= 0.6 is 0 Å². The fraction of sp³-hybridized carbons (Fsp3) is 0.476. The van der Waals surface area contributed by atoms with E-state index in [0.717, 1.165) is 12.1 Å². The first-order chi connectivity index (χ1) is 14.1. The van der Waals surface area contributed by atoms with Gasteiger partial charge in [-0.25, -0.2) is 0 Å². The summed E-state index contributed by atoms with van der Waals surface area (Å²) in [7, 11) is 0. The van der Waals surface area contributed by atoms with Gasteiger partial charge in [-0.2, -0.15) is 13.2 Å². The van der Waals surface area contributed by atoms with Crippen molar-refractivity contribution in [1.82, 2.24) is 0 Å². The van der Waals surface area contributed by atoms with E-state index in [4.69, 9.17) is 9.84 Å². The molecule has 1 aromatic carbocycles. The van der Waals surface area contributed by atoms with Gasteiger partial charge in [-0.15, -0.1) is 0 Å². The number of allylic oxidation sites excluding steroid dienone is 1. The Kier molecular flexibility index (Phi) is 8.45. The molecule has 2 rings (SSSR count). The Morgan fingerprint density at radius 3 is 2.63 bits per heavy atom. The summed E-state index contributed by atoms with van der Waals surface area (Å²) in [6.45, 7) is -0.285. The first-order valence-electron chi connectivity index (χ1n) is 9.47. The van der Waals surface area contributed by atoms with Crippen LogP contribution < -0.4 is 4.74 Å². The van der Waals surface area contributed by atoms with Crippen molar-refractivity contribution in [1.29, 1.82) is 0 Å². The zero-order chi connectivity index (χ0) is 22.3. The van der Waals surface area contributed by atoms with Crippen LogP contribution in [0.1, 0.15) is 24.8 Å². The lowest BCUT2D eigenvalue weighted by atomic mass is 9.89. The average molecular weight is 430 g/mol. The quantitative estimate of drug-likeness (QED) is 0.449. The molecule has 166 valence electrons. The highest BCUT2D eigenvalue weighted by atomic mass is 19.4. The van der Waals surface area contributed by atoms with Crippen LogP contribution in [-0.2, 0) is 11.0 Å². The number of carboxylic acid groups (broad SMARTS) is 1. The fourth-order valence-corrected chi connectivity index (χ4v) is 3.40. The number of rotatable bonds is 9. The zero-order valence-electron chi connectivity index (χ0n) is 16.1. The molecule has 5 atom stereocenters. The lowest BCUT2D eigenvalue weighted by Crippen LogP contribution is -2.21. The molecule has 1 fully saturated rings. The number of benzene rings is 1. The van der Waals surface area contributed by atoms with E-state index in [2.05, 4.69) is 0 Å². The molecule has 0 heterocycles. The third-order valence-electron chi connectivity index (χ3n) is 4.92. The molecule has 1 aromatic rings. The van der Waals surface area contributed by atoms with E-state index in [1.54, 1.807) is 12.2 Å². The van der Waals surface area contributed by atoms with E-state index in [1.807, 2.05) is 0 Å². The largest absolute Gasteiger partial charge is 0.491 e. The molecule has 9 heteroatoms. The molecule has 0 unspecified atom stereocenters. The number of hydrogen-bond acceptors (Lipinski definition) is 5. The van der Waals surface area contributed by atoms with E-state index >= 15 is 0 Å². The second-order valence-electron chi connectivity index (χ2n) is 7.21. The molecular weight excluding hydrogens is 405 g/mol. The Morgan fingerprint density at radius 2 is 1.97 bits per heavy atom. The maximum Gasteiger partial charge on any atom is 0.416 e. The highest BCUT2D eigenvalue weighted by molar-refractivity contribution is 5.68. The van der Waals surface area contributed by atoms with Crippen LogP contribution in [0.5, 0.6) is 5.75 Å². The first kappa shape index (κ1) is 23.9. The first-order valence-corrected chi connectivity index (χ1v) is 9.47. The molecule has 1 aliphatic rings. The van der Waals surface area contributed by atoms with Crippen molar-refractivity contribution in [3.05, 3.63) is 54.1 Å². The number of carbonyl (C=O) groups is 1. The topological polar surface area (TPSA) is 107 Å². The van der Waals surface area contributed by atoms with E-state index in [1.165, 1.54) is 24.3 Å². The number of halogens is 3. The van der Waals surface area contributed by atoms with E-state index in [-0.39, 0.29) is 31.1 Å². The van der Waals surface area contributed by atoms with Gasteiger partial charge in [-0.3, -0.25) is 4.79 Å². The summed E-state index contributed by atoms with van der Waals surface area (Å²) in [5, 5.41) is 39.0. The van der Waals surface area contributed by atoms with Gasteiger partial charge in [0.05, 0.1) is 24.2 Å². The summed E-state index contributed by atoms with van der Waals surface area (Å²) in [4.78, 5) is 10.5. The molecular formula is C21H25F3O6. The Hall–Kier alpha value is -2.36. The Balaban J connectivity index is 1.92. The van der Waals surface area contributed by atoms with Gasteiger partial charge in [-0.1, -0.05) is 30.4 Å². The van der Waals surface area contributed by atoms with Crippen molar-refractivity contribution in [2.45, 2.75) is 43.8 Å². The number of aliphatic carboxylic acids is 1. The average Bonchev–Trinajstić information content (AvgIpc) is 2.93. The maximum absolute atomic E-state index is 12.7. The number of aliphatic hydroxyl groups excluding tert-OH is 3. The Labute approximate surface area is 171 Å². The third-order valence-corrected chi connectivity index (χ3v) is 4.92. The maximum atomic E-state index is 12.7. The Bertz CT molecular complexity index is 761. The van der Waals surface area contributed by atoms with Crippen LogP contribution in [0.3, 0.4) is 0 Å². The minimum Gasteiger partial charge on any atom is -0.491 e. The molecule has 0 saturated heterocycles. The van der Waals surface area contributed by atoms with Gasteiger partial charge in [-0.05, 0) is 30.5 Å². The molecule has 0 spiro atoms. The second kappa shape index (κ2) is 10.6. The van der Waals surface area contributed by atoms with Crippen LogP contribution in [0.25, 0.3) is 0 Å². The molecule has 6 nitrogen and oxygen atoms in total. The van der Waals surface area contributed by atoms with Gasteiger partial charge in [0.15, 0.2) is 0 Å². The molecule has 1 aliphatic carbocycles. The number of alkyl halides is 3. The molecule has 30 heavy (non-hydrogen) atoms. The highest BCUT2D eigenvalue weighted by Crippen LogP contribution is 2.36. The molecule has 0 bridgehead atoms. The number of carboxylic acids is 1. The summed E-state index contributed by atoms with van der Waals surface area (Å²) in [5.41, 5.74) is -0.855. The van der Waals surface area contributed by atoms with Gasteiger partial charge >= 0.3 is 12.1 Å². The van der Waals surface area contributed by atoms with E-state index < -0.39 is 41.9 Å². The van der Waals surface area contributed by atoms with Crippen LogP contribution in [0.2, 0.25) is 0 Å². The minimum atomic E-state index is -4.49. The lowest BCUT2D eigenvalue weighted by molar-refractivity contribution is -0.138. The molecule has 4 N–H and O–H groups in total. The smallest absolute Gasteiger partial charge is 0.416 e. The van der Waals surface area contributed by atoms with Crippen LogP contribution in [-0.4, -0.2) is 51.3 Å². The van der Waals surface area contributed by atoms with Gasteiger partial charge in [0.25, 0.3) is 0 Å². The fourth-order valence-electron chi connectivity index (χ4n) is 3.40.